The molecule has 1 fully saturated rings. The van der Waals surface area contributed by atoms with Crippen molar-refractivity contribution in [1.82, 2.24) is 20.5 Å². The van der Waals surface area contributed by atoms with Crippen LogP contribution >= 0.6 is 15.9 Å². The highest BCUT2D eigenvalue weighted by Gasteiger charge is 2.20. The van der Waals surface area contributed by atoms with Gasteiger partial charge >= 0.3 is 0 Å². The molecule has 0 aliphatic carbocycles. The lowest BCUT2D eigenvalue weighted by Crippen LogP contribution is -2.44. The number of nitrogens with one attached hydrogen (secondary N) is 1. The average Bonchev–Trinajstić information content (AvgIpc) is 2.51. The Morgan fingerprint density at radius 3 is 2.85 bits per heavy atom. The first-order valence-electron chi connectivity index (χ1n) is 6.34. The summed E-state index contributed by atoms with van der Waals surface area (Å²) in [4.78, 5) is 6.39. The van der Waals surface area contributed by atoms with Crippen LogP contribution in [0.4, 0.5) is 10.2 Å². The normalized spacial score (nSPS) is 15.4. The maximum absolute atomic E-state index is 14.1. The third-order valence-electron chi connectivity index (χ3n) is 3.20. The number of rotatable bonds is 2. The molecule has 0 spiro atoms. The summed E-state index contributed by atoms with van der Waals surface area (Å²) < 4.78 is 14.9. The van der Waals surface area contributed by atoms with Crippen molar-refractivity contribution in [3.05, 3.63) is 34.8 Å². The number of anilines is 1. The van der Waals surface area contributed by atoms with Crippen LogP contribution < -0.4 is 10.2 Å². The second-order valence-electron chi connectivity index (χ2n) is 4.49. The zero-order chi connectivity index (χ0) is 13.9. The van der Waals surface area contributed by atoms with Crippen LogP contribution in [-0.2, 0) is 0 Å². The fourth-order valence-corrected chi connectivity index (χ4v) is 2.59. The minimum absolute atomic E-state index is 0.327. The maximum atomic E-state index is 14.1. The number of aromatic nitrogens is 3. The van der Waals surface area contributed by atoms with Crippen molar-refractivity contribution in [2.75, 3.05) is 31.1 Å². The fraction of sp³-hybridized carbons (Fsp3) is 0.308. The van der Waals surface area contributed by atoms with Crippen molar-refractivity contribution in [3.8, 4) is 11.3 Å². The highest BCUT2D eigenvalue weighted by Crippen LogP contribution is 2.30. The molecule has 0 bridgehead atoms. The van der Waals surface area contributed by atoms with Gasteiger partial charge in [-0.15, -0.1) is 10.2 Å². The molecule has 0 atom stereocenters. The van der Waals surface area contributed by atoms with E-state index in [1.807, 2.05) is 0 Å². The lowest BCUT2D eigenvalue weighted by atomic mass is 10.1. The molecule has 1 aliphatic heterocycles. The average molecular weight is 338 g/mol. The summed E-state index contributed by atoms with van der Waals surface area (Å²) in [7, 11) is 0. The number of halogens is 2. The molecule has 1 N–H and O–H groups in total. The van der Waals surface area contributed by atoms with Gasteiger partial charge in [-0.1, -0.05) is 15.9 Å². The molecular weight excluding hydrogens is 325 g/mol. The zero-order valence-electron chi connectivity index (χ0n) is 10.7. The predicted molar refractivity (Wildman–Crippen MR) is 78.0 cm³/mol. The van der Waals surface area contributed by atoms with Gasteiger partial charge in [0, 0.05) is 36.2 Å². The van der Waals surface area contributed by atoms with Crippen molar-refractivity contribution < 1.29 is 4.39 Å². The lowest BCUT2D eigenvalue weighted by molar-refractivity contribution is 0.583. The first-order chi connectivity index (χ1) is 9.75. The van der Waals surface area contributed by atoms with Crippen LogP contribution in [0.5, 0.6) is 0 Å². The van der Waals surface area contributed by atoms with Gasteiger partial charge in [-0.3, -0.25) is 0 Å². The van der Waals surface area contributed by atoms with E-state index in [2.05, 4.69) is 41.3 Å². The molecule has 7 heteroatoms. The molecule has 0 amide bonds. The van der Waals surface area contributed by atoms with Crippen LogP contribution in [0.2, 0.25) is 0 Å². The van der Waals surface area contributed by atoms with Crippen LogP contribution in [0.15, 0.2) is 29.0 Å². The van der Waals surface area contributed by atoms with E-state index in [0.717, 1.165) is 30.7 Å². The Morgan fingerprint density at radius 2 is 2.05 bits per heavy atom. The number of benzene rings is 1. The third kappa shape index (κ3) is 2.64. The highest BCUT2D eigenvalue weighted by molar-refractivity contribution is 9.10. The summed E-state index contributed by atoms with van der Waals surface area (Å²) in [6.45, 7) is 3.40. The van der Waals surface area contributed by atoms with Gasteiger partial charge in [0.15, 0.2) is 5.82 Å². The lowest BCUT2D eigenvalue weighted by Gasteiger charge is -2.29. The zero-order valence-corrected chi connectivity index (χ0v) is 12.3. The Balaban J connectivity index is 2.07. The van der Waals surface area contributed by atoms with E-state index < -0.39 is 0 Å². The van der Waals surface area contributed by atoms with E-state index in [1.54, 1.807) is 12.1 Å². The standard InChI is InChI=1S/C13H13BrFN5/c14-9-1-2-11(15)10(7-9)12-13(17-8-18-19-12)20-5-3-16-4-6-20/h1-2,7-8,16H,3-6H2. The molecule has 2 heterocycles. The smallest absolute Gasteiger partial charge is 0.159 e. The van der Waals surface area contributed by atoms with E-state index >= 15 is 0 Å². The topological polar surface area (TPSA) is 53.9 Å². The van der Waals surface area contributed by atoms with E-state index in [1.165, 1.54) is 12.4 Å². The van der Waals surface area contributed by atoms with Crippen LogP contribution in [-0.4, -0.2) is 41.4 Å². The number of nitrogens with zero attached hydrogens (tertiary/aromatic N) is 4. The first-order valence-corrected chi connectivity index (χ1v) is 7.14. The summed E-state index contributed by atoms with van der Waals surface area (Å²) in [5.41, 5.74) is 0.890. The number of hydrogen-bond donors (Lipinski definition) is 1. The van der Waals surface area contributed by atoms with Crippen molar-refractivity contribution in [2.24, 2.45) is 0 Å². The van der Waals surface area contributed by atoms with Gasteiger partial charge in [-0.25, -0.2) is 9.37 Å². The predicted octanol–water partition coefficient (Wildman–Crippen LogP) is 1.85. The van der Waals surface area contributed by atoms with Gasteiger partial charge in [0.1, 0.15) is 17.8 Å². The molecule has 0 saturated carbocycles. The molecule has 104 valence electrons. The Hall–Kier alpha value is -1.60. The number of hydrogen-bond acceptors (Lipinski definition) is 5. The van der Waals surface area contributed by atoms with Crippen LogP contribution in [0.3, 0.4) is 0 Å². The van der Waals surface area contributed by atoms with Gasteiger partial charge in [0.25, 0.3) is 0 Å². The molecule has 0 radical (unpaired) electrons. The quantitative estimate of drug-likeness (QED) is 0.906. The van der Waals surface area contributed by atoms with Gasteiger partial charge in [-0.05, 0) is 18.2 Å². The minimum atomic E-state index is -0.327. The fourth-order valence-electron chi connectivity index (χ4n) is 2.23. The second-order valence-corrected chi connectivity index (χ2v) is 5.41. The Kier molecular flexibility index (Phi) is 3.88. The SMILES string of the molecule is Fc1ccc(Br)cc1-c1nncnc1N1CCNCC1. The van der Waals surface area contributed by atoms with Gasteiger partial charge < -0.3 is 10.2 Å². The van der Waals surface area contributed by atoms with Crippen LogP contribution in [0, 0.1) is 5.82 Å². The summed E-state index contributed by atoms with van der Waals surface area (Å²) in [6.07, 6.45) is 1.40. The van der Waals surface area contributed by atoms with Crippen LogP contribution in [0.25, 0.3) is 11.3 Å². The summed E-state index contributed by atoms with van der Waals surface area (Å²) in [5.74, 6) is 0.352. The molecule has 1 aromatic heterocycles. The van der Waals surface area contributed by atoms with Gasteiger partial charge in [0.05, 0.1) is 0 Å². The van der Waals surface area contributed by atoms with Gasteiger partial charge in [0.2, 0.25) is 0 Å². The van der Waals surface area contributed by atoms with Crippen LogP contribution in [0.1, 0.15) is 0 Å². The molecular formula is C13H13BrFN5. The molecule has 1 saturated heterocycles. The van der Waals surface area contributed by atoms with Gasteiger partial charge in [-0.2, -0.15) is 0 Å². The molecule has 20 heavy (non-hydrogen) atoms. The molecule has 5 nitrogen and oxygen atoms in total. The van der Waals surface area contributed by atoms with E-state index in [0.29, 0.717) is 17.1 Å². The maximum Gasteiger partial charge on any atom is 0.159 e. The largest absolute Gasteiger partial charge is 0.352 e. The van der Waals surface area contributed by atoms with Crippen molar-refractivity contribution in [1.29, 1.82) is 0 Å². The van der Waals surface area contributed by atoms with E-state index in [9.17, 15) is 4.39 Å². The molecule has 0 unspecified atom stereocenters. The Labute approximate surface area is 124 Å². The van der Waals surface area contributed by atoms with Crippen molar-refractivity contribution >= 4 is 21.7 Å². The minimum Gasteiger partial charge on any atom is -0.352 e. The molecule has 1 aromatic carbocycles. The Morgan fingerprint density at radius 1 is 1.25 bits per heavy atom. The first kappa shape index (κ1) is 13.4. The third-order valence-corrected chi connectivity index (χ3v) is 3.69. The monoisotopic (exact) mass is 337 g/mol. The van der Waals surface area contributed by atoms with Crippen molar-refractivity contribution in [2.45, 2.75) is 0 Å². The van der Waals surface area contributed by atoms with Crippen molar-refractivity contribution in [3.63, 3.8) is 0 Å². The van der Waals surface area contributed by atoms with E-state index in [4.69, 9.17) is 0 Å². The summed E-state index contributed by atoms with van der Waals surface area (Å²) in [5, 5.41) is 11.2. The van der Waals surface area contributed by atoms with E-state index in [-0.39, 0.29) is 5.82 Å². The summed E-state index contributed by atoms with van der Waals surface area (Å²) >= 11 is 3.36. The molecule has 2 aromatic rings. The number of piperazine rings is 1. The summed E-state index contributed by atoms with van der Waals surface area (Å²) in [6, 6.07) is 4.77. The second kappa shape index (κ2) is 5.80. The Bertz CT molecular complexity index is 615. The highest BCUT2D eigenvalue weighted by atomic mass is 79.9. The molecule has 1 aliphatic rings. The molecule has 3 rings (SSSR count).